The highest BCUT2D eigenvalue weighted by Crippen LogP contribution is 2.29. The second-order valence-electron chi connectivity index (χ2n) is 7.55. The maximum atomic E-state index is 12.6. The molecule has 1 aromatic carbocycles. The van der Waals surface area contributed by atoms with Gasteiger partial charge in [-0.3, -0.25) is 9.78 Å². The Bertz CT molecular complexity index is 842. The lowest BCUT2D eigenvalue weighted by molar-refractivity contribution is -0.137. The van der Waals surface area contributed by atoms with Crippen LogP contribution in [0, 0.1) is 0 Å². The van der Waals surface area contributed by atoms with Gasteiger partial charge in [0.1, 0.15) is 0 Å². The summed E-state index contributed by atoms with van der Waals surface area (Å²) in [5, 5.41) is 0. The number of piperidine rings is 1. The first-order valence-corrected chi connectivity index (χ1v) is 10.1. The molecule has 0 spiro atoms. The Labute approximate surface area is 175 Å². The van der Waals surface area contributed by atoms with E-state index in [9.17, 15) is 18.0 Å². The molecule has 1 aromatic heterocycles. The number of carbonyl (C=O) groups excluding carboxylic acids is 1. The summed E-state index contributed by atoms with van der Waals surface area (Å²) < 4.78 is 37.9. The molecule has 4 nitrogen and oxygen atoms in total. The van der Waals surface area contributed by atoms with Gasteiger partial charge < -0.3 is 9.80 Å². The van der Waals surface area contributed by atoms with Gasteiger partial charge in [-0.1, -0.05) is 18.2 Å². The Balaban J connectivity index is 1.45. The molecule has 1 saturated heterocycles. The number of amides is 1. The maximum absolute atomic E-state index is 12.6. The Hall–Kier alpha value is -2.67. The van der Waals surface area contributed by atoms with Crippen LogP contribution in [-0.2, 0) is 17.4 Å². The summed E-state index contributed by atoms with van der Waals surface area (Å²) in [5.41, 5.74) is 0.951. The molecule has 0 saturated carbocycles. The van der Waals surface area contributed by atoms with Crippen LogP contribution >= 0.6 is 0 Å². The van der Waals surface area contributed by atoms with Crippen LogP contribution in [-0.4, -0.2) is 53.4 Å². The fourth-order valence-corrected chi connectivity index (χ4v) is 3.60. The number of pyridine rings is 1. The van der Waals surface area contributed by atoms with Crippen LogP contribution in [0.1, 0.15) is 29.7 Å². The van der Waals surface area contributed by atoms with Crippen molar-refractivity contribution in [2.75, 3.05) is 26.7 Å². The quantitative estimate of drug-likeness (QED) is 0.659. The average Bonchev–Trinajstić information content (AvgIpc) is 2.76. The number of carbonyl (C=O) groups is 1. The summed E-state index contributed by atoms with van der Waals surface area (Å²) in [6.45, 7) is 2.81. The van der Waals surface area contributed by atoms with Gasteiger partial charge >= 0.3 is 6.18 Å². The van der Waals surface area contributed by atoms with Crippen LogP contribution in [0.5, 0.6) is 0 Å². The Kier molecular flexibility index (Phi) is 7.26. The summed E-state index contributed by atoms with van der Waals surface area (Å²) in [5.74, 6) is -0.137. The van der Waals surface area contributed by atoms with E-state index in [1.54, 1.807) is 24.2 Å². The molecule has 160 valence electrons. The van der Waals surface area contributed by atoms with E-state index in [0.717, 1.165) is 56.7 Å². The van der Waals surface area contributed by atoms with Gasteiger partial charge in [0.25, 0.3) is 0 Å². The molecule has 1 amide bonds. The smallest absolute Gasteiger partial charge is 0.339 e. The number of nitrogens with zero attached hydrogens (tertiary/aromatic N) is 3. The van der Waals surface area contributed by atoms with E-state index in [2.05, 4.69) is 9.88 Å². The molecular formula is C23H26F3N3O. The fourth-order valence-electron chi connectivity index (χ4n) is 3.60. The maximum Gasteiger partial charge on any atom is 0.416 e. The number of likely N-dealkylation sites (N-methyl/N-ethyl adjacent to an activating group) is 1. The van der Waals surface area contributed by atoms with Gasteiger partial charge in [-0.15, -0.1) is 0 Å². The van der Waals surface area contributed by atoms with Crippen molar-refractivity contribution in [3.63, 3.8) is 0 Å². The topological polar surface area (TPSA) is 36.4 Å². The molecule has 1 aliphatic heterocycles. The van der Waals surface area contributed by atoms with Crippen molar-refractivity contribution < 1.29 is 18.0 Å². The third-order valence-corrected chi connectivity index (χ3v) is 5.52. The first-order valence-electron chi connectivity index (χ1n) is 10.1. The molecule has 3 rings (SSSR count). The fraction of sp³-hybridized carbons (Fsp3) is 0.391. The molecule has 0 aliphatic carbocycles. The number of alkyl halides is 3. The van der Waals surface area contributed by atoms with Crippen LogP contribution in [0.15, 0.2) is 54.7 Å². The zero-order valence-corrected chi connectivity index (χ0v) is 17.0. The molecule has 2 aromatic rings. The number of hydrogen-bond acceptors (Lipinski definition) is 3. The second kappa shape index (κ2) is 9.89. The lowest BCUT2D eigenvalue weighted by Gasteiger charge is -2.36. The van der Waals surface area contributed by atoms with Crippen molar-refractivity contribution in [1.82, 2.24) is 14.8 Å². The number of halogens is 3. The first kappa shape index (κ1) is 22.0. The summed E-state index contributed by atoms with van der Waals surface area (Å²) in [6, 6.07) is 10.9. The van der Waals surface area contributed by atoms with Crippen LogP contribution < -0.4 is 0 Å². The molecular weight excluding hydrogens is 391 g/mol. The van der Waals surface area contributed by atoms with Gasteiger partial charge in [-0.05, 0) is 48.7 Å². The Morgan fingerprint density at radius 3 is 2.47 bits per heavy atom. The van der Waals surface area contributed by atoms with Crippen molar-refractivity contribution in [2.45, 2.75) is 31.5 Å². The molecule has 0 radical (unpaired) electrons. The molecule has 30 heavy (non-hydrogen) atoms. The minimum absolute atomic E-state index is 0.137. The van der Waals surface area contributed by atoms with Crippen molar-refractivity contribution in [1.29, 1.82) is 0 Å². The normalized spacial score (nSPS) is 16.1. The van der Waals surface area contributed by atoms with Gasteiger partial charge in [0.2, 0.25) is 5.91 Å². The lowest BCUT2D eigenvalue weighted by Crippen LogP contribution is -2.45. The molecule has 0 atom stereocenters. The number of likely N-dealkylation sites (tertiary alicyclic amines) is 1. The van der Waals surface area contributed by atoms with Crippen LogP contribution in [0.25, 0.3) is 6.08 Å². The number of benzene rings is 1. The van der Waals surface area contributed by atoms with Crippen LogP contribution in [0.3, 0.4) is 0 Å². The first-order chi connectivity index (χ1) is 14.3. The molecule has 1 fully saturated rings. The van der Waals surface area contributed by atoms with E-state index in [0.29, 0.717) is 5.56 Å². The van der Waals surface area contributed by atoms with Crippen molar-refractivity contribution in [2.24, 2.45) is 0 Å². The van der Waals surface area contributed by atoms with E-state index in [1.807, 2.05) is 18.2 Å². The average molecular weight is 417 g/mol. The third-order valence-electron chi connectivity index (χ3n) is 5.52. The highest BCUT2D eigenvalue weighted by Gasteiger charge is 2.30. The third kappa shape index (κ3) is 6.16. The monoisotopic (exact) mass is 417 g/mol. The summed E-state index contributed by atoms with van der Waals surface area (Å²) in [6.07, 6.45) is 3.15. The van der Waals surface area contributed by atoms with E-state index in [4.69, 9.17) is 0 Å². The van der Waals surface area contributed by atoms with Crippen LogP contribution in [0.2, 0.25) is 0 Å². The Morgan fingerprint density at radius 2 is 1.87 bits per heavy atom. The predicted molar refractivity (Wildman–Crippen MR) is 111 cm³/mol. The van der Waals surface area contributed by atoms with Gasteiger partial charge in [0, 0.05) is 57.1 Å². The van der Waals surface area contributed by atoms with Crippen molar-refractivity contribution in [3.8, 4) is 0 Å². The lowest BCUT2D eigenvalue weighted by atomic mass is 10.0. The molecule has 0 N–H and O–H groups in total. The predicted octanol–water partition coefficient (Wildman–Crippen LogP) is 4.28. The van der Waals surface area contributed by atoms with E-state index in [-0.39, 0.29) is 11.9 Å². The molecule has 7 heteroatoms. The number of rotatable bonds is 6. The molecule has 0 bridgehead atoms. The van der Waals surface area contributed by atoms with E-state index >= 15 is 0 Å². The number of aromatic nitrogens is 1. The highest BCUT2D eigenvalue weighted by molar-refractivity contribution is 5.91. The van der Waals surface area contributed by atoms with E-state index < -0.39 is 11.7 Å². The van der Waals surface area contributed by atoms with Gasteiger partial charge in [-0.2, -0.15) is 13.2 Å². The number of hydrogen-bond donors (Lipinski definition) is 0. The Morgan fingerprint density at radius 1 is 1.17 bits per heavy atom. The van der Waals surface area contributed by atoms with Gasteiger partial charge in [0.05, 0.1) is 5.56 Å². The highest BCUT2D eigenvalue weighted by atomic mass is 19.4. The standard InChI is InChI=1S/C23H26F3N3O/c1-28(22(30)10-7-18-5-8-19(9-6-18)23(24,25)26)21-12-16-29(17-13-21)15-11-20-4-2-3-14-27-20/h2-10,14,21H,11-13,15-17H2,1H3. The molecule has 1 aliphatic rings. The molecule has 0 unspecified atom stereocenters. The van der Waals surface area contributed by atoms with Crippen molar-refractivity contribution in [3.05, 3.63) is 71.6 Å². The summed E-state index contributed by atoms with van der Waals surface area (Å²) in [7, 11) is 1.79. The van der Waals surface area contributed by atoms with Crippen LogP contribution in [0.4, 0.5) is 13.2 Å². The zero-order chi connectivity index (χ0) is 21.6. The second-order valence-corrected chi connectivity index (χ2v) is 7.55. The zero-order valence-electron chi connectivity index (χ0n) is 17.0. The van der Waals surface area contributed by atoms with Crippen molar-refractivity contribution >= 4 is 12.0 Å². The molecule has 2 heterocycles. The summed E-state index contributed by atoms with van der Waals surface area (Å²) >= 11 is 0. The summed E-state index contributed by atoms with van der Waals surface area (Å²) in [4.78, 5) is 20.9. The van der Waals surface area contributed by atoms with E-state index in [1.165, 1.54) is 18.2 Å². The minimum atomic E-state index is -4.36. The largest absolute Gasteiger partial charge is 0.416 e. The minimum Gasteiger partial charge on any atom is -0.339 e. The van der Waals surface area contributed by atoms with Gasteiger partial charge in [-0.25, -0.2) is 0 Å². The SMILES string of the molecule is CN(C(=O)C=Cc1ccc(C(F)(F)F)cc1)C1CCN(CCc2ccccn2)CC1. The van der Waals surface area contributed by atoms with Gasteiger partial charge in [0.15, 0.2) is 0 Å².